The minimum Gasteiger partial charge on any atom is -0.460 e. The van der Waals surface area contributed by atoms with Gasteiger partial charge in [0, 0.05) is 28.7 Å². The number of nitrogens with zero attached hydrogens (tertiary/aromatic N) is 2. The fraction of sp³-hybridized carbons (Fsp3) is 0.412. The molecule has 25 heavy (non-hydrogen) atoms. The third kappa shape index (κ3) is 4.41. The van der Waals surface area contributed by atoms with Crippen molar-refractivity contribution in [2.24, 2.45) is 11.1 Å². The lowest BCUT2D eigenvalue weighted by atomic mass is 9.90. The van der Waals surface area contributed by atoms with Crippen LogP contribution in [0.5, 0.6) is 0 Å². The van der Waals surface area contributed by atoms with E-state index in [0.717, 1.165) is 37.4 Å². The van der Waals surface area contributed by atoms with Crippen molar-refractivity contribution in [1.29, 1.82) is 0 Å². The van der Waals surface area contributed by atoms with Crippen LogP contribution < -0.4 is 5.73 Å². The van der Waals surface area contributed by atoms with Crippen LogP contribution in [0.25, 0.3) is 11.3 Å². The van der Waals surface area contributed by atoms with Gasteiger partial charge in [0.05, 0.1) is 11.5 Å². The lowest BCUT2D eigenvalue weighted by Crippen LogP contribution is -2.31. The van der Waals surface area contributed by atoms with Crippen molar-refractivity contribution in [1.82, 2.24) is 4.90 Å². The predicted octanol–water partition coefficient (Wildman–Crippen LogP) is 4.21. The quantitative estimate of drug-likeness (QED) is 0.567. The Balaban J connectivity index is 0.00000225. The molecule has 0 radical (unpaired) electrons. The summed E-state index contributed by atoms with van der Waals surface area (Å²) in [5.41, 5.74) is 6.90. The number of furan rings is 1. The lowest BCUT2D eigenvalue weighted by molar-refractivity contribution is -0.384. The lowest BCUT2D eigenvalue weighted by Gasteiger charge is -2.22. The summed E-state index contributed by atoms with van der Waals surface area (Å²) in [4.78, 5) is 12.8. The molecule has 6 nitrogen and oxygen atoms in total. The summed E-state index contributed by atoms with van der Waals surface area (Å²) in [6, 6.07) is 8.53. The number of halogens is 2. The molecule has 0 spiro atoms. The minimum absolute atomic E-state index is 0. The first-order chi connectivity index (χ1) is 11.4. The summed E-state index contributed by atoms with van der Waals surface area (Å²) in [7, 11) is 0. The van der Waals surface area contributed by atoms with Crippen LogP contribution in [0.2, 0.25) is 0 Å². The van der Waals surface area contributed by atoms with Crippen LogP contribution in [0.4, 0.5) is 5.69 Å². The number of hydrogen-bond donors (Lipinski definition) is 1. The monoisotopic (exact) mass is 429 g/mol. The molecule has 1 aliphatic heterocycles. The summed E-state index contributed by atoms with van der Waals surface area (Å²) in [6.07, 6.45) is 1.10. The van der Waals surface area contributed by atoms with Gasteiger partial charge in [-0.1, -0.05) is 6.92 Å². The van der Waals surface area contributed by atoms with Gasteiger partial charge in [0.1, 0.15) is 11.5 Å². The van der Waals surface area contributed by atoms with Crippen LogP contribution in [-0.4, -0.2) is 29.5 Å². The molecule has 1 aromatic heterocycles. The fourth-order valence-electron chi connectivity index (χ4n) is 3.07. The molecule has 2 N–H and O–H groups in total. The maximum Gasteiger partial charge on any atom is 0.270 e. The van der Waals surface area contributed by atoms with Crippen molar-refractivity contribution in [3.05, 3.63) is 50.7 Å². The minimum atomic E-state index is -0.413. The van der Waals surface area contributed by atoms with Crippen molar-refractivity contribution in [3.63, 3.8) is 0 Å². The summed E-state index contributed by atoms with van der Waals surface area (Å²) in [5.74, 6) is 1.59. The standard InChI is InChI=1S/C17H20BrN3O3.ClH/c1-17(10-19)6-7-20(11-17)9-13-3-5-16(24-13)14-4-2-12(21(22)23)8-15(14)18;/h2-5,8H,6-7,9-11,19H2,1H3;1H. The number of non-ortho nitro benzene ring substituents is 1. The van der Waals surface area contributed by atoms with Gasteiger partial charge in [0.25, 0.3) is 5.69 Å². The maximum atomic E-state index is 10.8. The highest BCUT2D eigenvalue weighted by Gasteiger charge is 2.32. The number of nitrogens with two attached hydrogens (primary N) is 1. The van der Waals surface area contributed by atoms with Crippen molar-refractivity contribution < 1.29 is 9.34 Å². The van der Waals surface area contributed by atoms with E-state index in [1.807, 2.05) is 12.1 Å². The zero-order valence-electron chi connectivity index (χ0n) is 13.9. The molecule has 0 amide bonds. The highest BCUT2D eigenvalue weighted by Crippen LogP contribution is 2.34. The molecule has 1 unspecified atom stereocenters. The summed E-state index contributed by atoms with van der Waals surface area (Å²) in [6.45, 7) is 5.66. The molecular formula is C17H21BrClN3O3. The Bertz CT molecular complexity index is 767. The van der Waals surface area contributed by atoms with Crippen LogP contribution in [0.15, 0.2) is 39.2 Å². The number of rotatable bonds is 5. The highest BCUT2D eigenvalue weighted by molar-refractivity contribution is 9.10. The Hall–Kier alpha value is -1.41. The third-order valence-corrected chi connectivity index (χ3v) is 5.26. The Morgan fingerprint density at radius 2 is 2.16 bits per heavy atom. The van der Waals surface area contributed by atoms with E-state index in [0.29, 0.717) is 16.8 Å². The number of hydrogen-bond acceptors (Lipinski definition) is 5. The highest BCUT2D eigenvalue weighted by atomic mass is 79.9. The van der Waals surface area contributed by atoms with Gasteiger partial charge in [-0.3, -0.25) is 15.0 Å². The van der Waals surface area contributed by atoms with Crippen LogP contribution in [0.1, 0.15) is 19.1 Å². The van der Waals surface area contributed by atoms with E-state index in [1.54, 1.807) is 6.07 Å². The van der Waals surface area contributed by atoms with E-state index in [2.05, 4.69) is 27.8 Å². The number of nitro benzene ring substituents is 1. The Kier molecular flexibility index (Phi) is 6.26. The smallest absolute Gasteiger partial charge is 0.270 e. The van der Waals surface area contributed by atoms with Crippen molar-refractivity contribution in [2.75, 3.05) is 19.6 Å². The molecule has 1 fully saturated rings. The van der Waals surface area contributed by atoms with Gasteiger partial charge in [-0.25, -0.2) is 0 Å². The third-order valence-electron chi connectivity index (χ3n) is 4.60. The number of likely N-dealkylation sites (tertiary alicyclic amines) is 1. The summed E-state index contributed by atoms with van der Waals surface area (Å²) in [5, 5.41) is 10.8. The summed E-state index contributed by atoms with van der Waals surface area (Å²) < 4.78 is 6.59. The Labute approximate surface area is 161 Å². The Morgan fingerprint density at radius 3 is 2.76 bits per heavy atom. The van der Waals surface area contributed by atoms with Crippen molar-refractivity contribution in [3.8, 4) is 11.3 Å². The van der Waals surface area contributed by atoms with Gasteiger partial charge in [-0.15, -0.1) is 12.4 Å². The van der Waals surface area contributed by atoms with E-state index in [4.69, 9.17) is 10.2 Å². The van der Waals surface area contributed by atoms with Crippen LogP contribution in [0.3, 0.4) is 0 Å². The van der Waals surface area contributed by atoms with E-state index in [-0.39, 0.29) is 23.5 Å². The predicted molar refractivity (Wildman–Crippen MR) is 103 cm³/mol. The van der Waals surface area contributed by atoms with E-state index in [9.17, 15) is 10.1 Å². The van der Waals surface area contributed by atoms with Crippen LogP contribution >= 0.6 is 28.3 Å². The average molecular weight is 431 g/mol. The molecule has 2 heterocycles. The molecule has 8 heteroatoms. The van der Waals surface area contributed by atoms with Crippen molar-refractivity contribution >= 4 is 34.0 Å². The largest absolute Gasteiger partial charge is 0.460 e. The molecular weight excluding hydrogens is 410 g/mol. The van der Waals surface area contributed by atoms with Crippen molar-refractivity contribution in [2.45, 2.75) is 19.9 Å². The molecule has 136 valence electrons. The molecule has 0 saturated carbocycles. The van der Waals surface area contributed by atoms with Gasteiger partial charge in [-0.05, 0) is 59.1 Å². The molecule has 2 aromatic rings. The van der Waals surface area contributed by atoms with E-state index in [1.165, 1.54) is 12.1 Å². The van der Waals surface area contributed by atoms with E-state index < -0.39 is 4.92 Å². The SMILES string of the molecule is CC1(CN)CCN(Cc2ccc(-c3ccc([N+](=O)[O-])cc3Br)o2)C1.Cl. The van der Waals surface area contributed by atoms with Crippen LogP contribution in [0, 0.1) is 15.5 Å². The first-order valence-electron chi connectivity index (χ1n) is 7.86. The second-order valence-electron chi connectivity index (χ2n) is 6.66. The second-order valence-corrected chi connectivity index (χ2v) is 7.52. The zero-order valence-corrected chi connectivity index (χ0v) is 16.3. The maximum absolute atomic E-state index is 10.8. The van der Waals surface area contributed by atoms with Gasteiger partial charge < -0.3 is 10.2 Å². The molecule has 1 aliphatic rings. The van der Waals surface area contributed by atoms with E-state index >= 15 is 0 Å². The van der Waals surface area contributed by atoms with Gasteiger partial charge in [0.15, 0.2) is 0 Å². The molecule has 1 aromatic carbocycles. The normalized spacial score (nSPS) is 20.4. The fourth-order valence-corrected chi connectivity index (χ4v) is 3.64. The number of benzene rings is 1. The van der Waals surface area contributed by atoms with Crippen LogP contribution in [-0.2, 0) is 6.54 Å². The molecule has 0 bridgehead atoms. The van der Waals surface area contributed by atoms with Gasteiger partial charge >= 0.3 is 0 Å². The average Bonchev–Trinajstić information content (AvgIpc) is 3.15. The molecule has 1 atom stereocenters. The first-order valence-corrected chi connectivity index (χ1v) is 8.65. The number of nitro groups is 1. The topological polar surface area (TPSA) is 85.5 Å². The van der Waals surface area contributed by atoms with Gasteiger partial charge in [0.2, 0.25) is 0 Å². The molecule has 3 rings (SSSR count). The summed E-state index contributed by atoms with van der Waals surface area (Å²) >= 11 is 3.39. The first kappa shape index (κ1) is 19.9. The molecule has 1 saturated heterocycles. The molecule has 0 aliphatic carbocycles. The Morgan fingerprint density at radius 1 is 1.40 bits per heavy atom. The second kappa shape index (κ2) is 7.86. The zero-order chi connectivity index (χ0) is 17.3. The van der Waals surface area contributed by atoms with Gasteiger partial charge in [-0.2, -0.15) is 0 Å².